The number of benzene rings is 1. The van der Waals surface area contributed by atoms with Crippen LogP contribution in [-0.2, 0) is 0 Å². The number of nitrogens with one attached hydrogen (secondary N) is 1. The van der Waals surface area contributed by atoms with Gasteiger partial charge in [-0.05, 0) is 25.5 Å². The van der Waals surface area contributed by atoms with E-state index in [1.807, 2.05) is 44.2 Å². The zero-order valence-electron chi connectivity index (χ0n) is 12.3. The fourth-order valence-corrected chi connectivity index (χ4v) is 2.17. The quantitative estimate of drug-likeness (QED) is 0.805. The van der Waals surface area contributed by atoms with E-state index in [0.29, 0.717) is 5.82 Å². The molecular weight excluding hydrogens is 278 g/mol. The topological polar surface area (TPSA) is 72.7 Å². The van der Waals surface area contributed by atoms with Crippen LogP contribution in [0.15, 0.2) is 48.9 Å². The van der Waals surface area contributed by atoms with Gasteiger partial charge in [-0.25, -0.2) is 9.67 Å². The molecule has 0 fully saturated rings. The normalized spacial score (nSPS) is 10.5. The van der Waals surface area contributed by atoms with E-state index in [-0.39, 0.29) is 11.6 Å². The van der Waals surface area contributed by atoms with Crippen molar-refractivity contribution in [2.24, 2.45) is 0 Å². The molecule has 0 saturated carbocycles. The Morgan fingerprint density at radius 2 is 2.00 bits per heavy atom. The highest BCUT2D eigenvalue weighted by molar-refractivity contribution is 6.02. The summed E-state index contributed by atoms with van der Waals surface area (Å²) in [5.74, 6) is 0.283. The molecule has 0 bridgehead atoms. The predicted octanol–water partition coefficient (Wildman–Crippen LogP) is 2.53. The average molecular weight is 293 g/mol. The van der Waals surface area contributed by atoms with Crippen LogP contribution in [0, 0.1) is 13.8 Å². The third kappa shape index (κ3) is 2.71. The highest BCUT2D eigenvalue weighted by Gasteiger charge is 2.14. The van der Waals surface area contributed by atoms with Gasteiger partial charge in [-0.3, -0.25) is 9.78 Å². The molecule has 1 amide bonds. The third-order valence-corrected chi connectivity index (χ3v) is 3.21. The van der Waals surface area contributed by atoms with Gasteiger partial charge >= 0.3 is 0 Å². The van der Waals surface area contributed by atoms with Crippen molar-refractivity contribution in [2.45, 2.75) is 13.8 Å². The van der Waals surface area contributed by atoms with Gasteiger partial charge in [-0.15, -0.1) is 0 Å². The molecule has 3 aromatic rings. The summed E-state index contributed by atoms with van der Waals surface area (Å²) in [5.41, 5.74) is 3.07. The minimum Gasteiger partial charge on any atom is -0.305 e. The van der Waals surface area contributed by atoms with E-state index in [9.17, 15) is 4.79 Å². The third-order valence-electron chi connectivity index (χ3n) is 3.21. The summed E-state index contributed by atoms with van der Waals surface area (Å²) < 4.78 is 1.72. The maximum atomic E-state index is 12.2. The molecule has 22 heavy (non-hydrogen) atoms. The molecule has 0 aliphatic carbocycles. The minimum absolute atomic E-state index is 0.262. The van der Waals surface area contributed by atoms with Gasteiger partial charge in [0.15, 0.2) is 0 Å². The molecule has 0 aliphatic heterocycles. The Bertz CT molecular complexity index is 810. The molecule has 2 aromatic heterocycles. The lowest BCUT2D eigenvalue weighted by molar-refractivity contribution is 0.102. The summed E-state index contributed by atoms with van der Waals surface area (Å²) in [7, 11) is 0. The number of carbonyl (C=O) groups excluding carboxylic acids is 1. The summed E-state index contributed by atoms with van der Waals surface area (Å²) >= 11 is 0. The average Bonchev–Trinajstić information content (AvgIpc) is 2.89. The van der Waals surface area contributed by atoms with Crippen LogP contribution < -0.4 is 5.32 Å². The molecule has 0 spiro atoms. The Morgan fingerprint density at radius 1 is 1.18 bits per heavy atom. The number of para-hydroxylation sites is 1. The summed E-state index contributed by atoms with van der Waals surface area (Å²) in [6, 6.07) is 9.68. The molecule has 2 heterocycles. The second-order valence-corrected chi connectivity index (χ2v) is 4.91. The molecule has 3 rings (SSSR count). The molecular formula is C16H15N5O. The highest BCUT2D eigenvalue weighted by atomic mass is 16.2. The molecule has 0 aliphatic rings. The number of hydrogen-bond donors (Lipinski definition) is 1. The molecule has 110 valence electrons. The van der Waals surface area contributed by atoms with Crippen LogP contribution in [0.1, 0.15) is 21.7 Å². The molecule has 0 unspecified atom stereocenters. The first kappa shape index (κ1) is 13.9. The fourth-order valence-electron chi connectivity index (χ4n) is 2.17. The molecule has 0 radical (unpaired) electrons. The Kier molecular flexibility index (Phi) is 3.65. The molecule has 1 N–H and O–H groups in total. The molecule has 0 atom stereocenters. The molecule has 6 nitrogen and oxygen atoms in total. The lowest BCUT2D eigenvalue weighted by atomic mass is 10.2. The van der Waals surface area contributed by atoms with E-state index in [1.54, 1.807) is 4.68 Å². The van der Waals surface area contributed by atoms with Crippen molar-refractivity contribution in [3.05, 3.63) is 65.9 Å². The van der Waals surface area contributed by atoms with Gasteiger partial charge in [0, 0.05) is 18.5 Å². The standard InChI is InChI=1S/C16H15N5O/c1-11-5-3-4-6-14(11)21-15(9-12(2)20-21)19-16(22)13-10-17-7-8-18-13/h3-10H,1-2H3,(H,19,22). The summed E-state index contributed by atoms with van der Waals surface area (Å²) in [4.78, 5) is 20.1. The minimum atomic E-state index is -0.317. The van der Waals surface area contributed by atoms with Crippen molar-refractivity contribution >= 4 is 11.7 Å². The maximum Gasteiger partial charge on any atom is 0.277 e. The number of aryl methyl sites for hydroxylation is 2. The van der Waals surface area contributed by atoms with Crippen molar-refractivity contribution in [1.29, 1.82) is 0 Å². The first-order chi connectivity index (χ1) is 10.6. The maximum absolute atomic E-state index is 12.2. The first-order valence-corrected chi connectivity index (χ1v) is 6.85. The van der Waals surface area contributed by atoms with Crippen molar-refractivity contribution in [1.82, 2.24) is 19.7 Å². The van der Waals surface area contributed by atoms with Crippen LogP contribution in [0.3, 0.4) is 0 Å². The second kappa shape index (κ2) is 5.77. The number of aromatic nitrogens is 4. The predicted molar refractivity (Wildman–Crippen MR) is 83.0 cm³/mol. The lowest BCUT2D eigenvalue weighted by Crippen LogP contribution is -2.16. The summed E-state index contributed by atoms with van der Waals surface area (Å²) in [6.45, 7) is 3.88. The number of hydrogen-bond acceptors (Lipinski definition) is 4. The van der Waals surface area contributed by atoms with Crippen LogP contribution in [0.25, 0.3) is 5.69 Å². The van der Waals surface area contributed by atoms with Crippen LogP contribution in [-0.4, -0.2) is 25.7 Å². The Morgan fingerprint density at radius 3 is 2.73 bits per heavy atom. The van der Waals surface area contributed by atoms with E-state index in [2.05, 4.69) is 20.4 Å². The zero-order chi connectivity index (χ0) is 15.5. The largest absolute Gasteiger partial charge is 0.305 e. The highest BCUT2D eigenvalue weighted by Crippen LogP contribution is 2.20. The van der Waals surface area contributed by atoms with Crippen LogP contribution in [0.5, 0.6) is 0 Å². The van der Waals surface area contributed by atoms with Crippen LogP contribution in [0.4, 0.5) is 5.82 Å². The monoisotopic (exact) mass is 293 g/mol. The second-order valence-electron chi connectivity index (χ2n) is 4.91. The van der Waals surface area contributed by atoms with Gasteiger partial charge < -0.3 is 5.32 Å². The number of nitrogens with zero attached hydrogens (tertiary/aromatic N) is 4. The molecule has 1 aromatic carbocycles. The lowest BCUT2D eigenvalue weighted by Gasteiger charge is -2.10. The Labute approximate surface area is 127 Å². The van der Waals surface area contributed by atoms with Crippen LogP contribution in [0.2, 0.25) is 0 Å². The number of amides is 1. The van der Waals surface area contributed by atoms with E-state index < -0.39 is 0 Å². The molecule has 0 saturated heterocycles. The van der Waals surface area contributed by atoms with Crippen molar-refractivity contribution in [2.75, 3.05) is 5.32 Å². The van der Waals surface area contributed by atoms with Gasteiger partial charge in [0.25, 0.3) is 5.91 Å². The van der Waals surface area contributed by atoms with E-state index in [1.165, 1.54) is 18.6 Å². The Hall–Kier alpha value is -3.02. The smallest absolute Gasteiger partial charge is 0.277 e. The van der Waals surface area contributed by atoms with E-state index >= 15 is 0 Å². The van der Waals surface area contributed by atoms with E-state index in [4.69, 9.17) is 0 Å². The fraction of sp³-hybridized carbons (Fsp3) is 0.125. The Balaban J connectivity index is 1.96. The van der Waals surface area contributed by atoms with Crippen molar-refractivity contribution < 1.29 is 4.79 Å². The van der Waals surface area contributed by atoms with Gasteiger partial charge in [-0.1, -0.05) is 18.2 Å². The first-order valence-electron chi connectivity index (χ1n) is 6.85. The zero-order valence-corrected chi connectivity index (χ0v) is 12.3. The van der Waals surface area contributed by atoms with Crippen molar-refractivity contribution in [3.8, 4) is 5.69 Å². The molecule has 6 heteroatoms. The number of rotatable bonds is 3. The SMILES string of the molecule is Cc1cc(NC(=O)c2cnccn2)n(-c2ccccc2C)n1. The van der Waals surface area contributed by atoms with Gasteiger partial charge in [0.1, 0.15) is 11.5 Å². The van der Waals surface area contributed by atoms with Crippen molar-refractivity contribution in [3.63, 3.8) is 0 Å². The summed E-state index contributed by atoms with van der Waals surface area (Å²) in [5, 5.41) is 7.29. The van der Waals surface area contributed by atoms with Gasteiger partial charge in [0.2, 0.25) is 0 Å². The van der Waals surface area contributed by atoms with Gasteiger partial charge in [-0.2, -0.15) is 5.10 Å². The summed E-state index contributed by atoms with van der Waals surface area (Å²) in [6.07, 6.45) is 4.44. The van der Waals surface area contributed by atoms with E-state index in [0.717, 1.165) is 16.9 Å². The van der Waals surface area contributed by atoms with Gasteiger partial charge in [0.05, 0.1) is 17.6 Å². The number of anilines is 1. The van der Waals surface area contributed by atoms with Crippen LogP contribution >= 0.6 is 0 Å². The number of carbonyl (C=O) groups is 1.